The minimum atomic E-state index is -4.63. The molecule has 0 saturated heterocycles. The summed E-state index contributed by atoms with van der Waals surface area (Å²) in [6.07, 6.45) is -3.75. The van der Waals surface area contributed by atoms with Gasteiger partial charge in [0, 0.05) is 12.2 Å². The van der Waals surface area contributed by atoms with Crippen molar-refractivity contribution in [1.29, 1.82) is 0 Å². The third kappa shape index (κ3) is 4.32. The van der Waals surface area contributed by atoms with Crippen molar-refractivity contribution >= 4 is 21.4 Å². The Morgan fingerprint density at radius 3 is 2.35 bits per heavy atom. The van der Waals surface area contributed by atoms with Crippen molar-refractivity contribution in [3.63, 3.8) is 0 Å². The fourth-order valence-corrected chi connectivity index (χ4v) is 4.47. The van der Waals surface area contributed by atoms with Crippen molar-refractivity contribution < 1.29 is 21.6 Å². The largest absolute Gasteiger partial charge is 0.402 e. The van der Waals surface area contributed by atoms with Crippen molar-refractivity contribution in [2.75, 3.05) is 13.1 Å². The van der Waals surface area contributed by atoms with Gasteiger partial charge in [-0.05, 0) is 13.3 Å². The zero-order valence-electron chi connectivity index (χ0n) is 11.0. The van der Waals surface area contributed by atoms with Gasteiger partial charge in [0.25, 0.3) is 10.0 Å². The Kier molecular flexibility index (Phi) is 5.39. The van der Waals surface area contributed by atoms with E-state index in [1.54, 1.807) is 6.92 Å². The molecule has 116 valence electrons. The molecule has 0 radical (unpaired) electrons. The van der Waals surface area contributed by atoms with Crippen molar-refractivity contribution in [1.82, 2.24) is 9.29 Å². The third-order valence-electron chi connectivity index (χ3n) is 2.47. The number of hydrogen-bond acceptors (Lipinski definition) is 4. The summed E-state index contributed by atoms with van der Waals surface area (Å²) in [7, 11) is -4.32. The number of alkyl halides is 3. The Morgan fingerprint density at radius 1 is 1.35 bits per heavy atom. The summed E-state index contributed by atoms with van der Waals surface area (Å²) in [6.45, 7) is 1.30. The van der Waals surface area contributed by atoms with Crippen molar-refractivity contribution in [2.45, 2.75) is 37.1 Å². The second-order valence-corrected chi connectivity index (χ2v) is 7.35. The van der Waals surface area contributed by atoms with Crippen LogP contribution in [0.4, 0.5) is 13.2 Å². The fourth-order valence-electron chi connectivity index (χ4n) is 1.57. The van der Waals surface area contributed by atoms with Gasteiger partial charge < -0.3 is 4.98 Å². The molecule has 0 bridgehead atoms. The summed E-state index contributed by atoms with van der Waals surface area (Å²) in [6, 6.07) is 0. The van der Waals surface area contributed by atoms with Crippen molar-refractivity contribution in [3.8, 4) is 0 Å². The van der Waals surface area contributed by atoms with Crippen LogP contribution in [0.1, 0.15) is 25.5 Å². The average molecular weight is 332 g/mol. The van der Waals surface area contributed by atoms with E-state index in [2.05, 4.69) is 4.98 Å². The Labute approximate surface area is 118 Å². The lowest BCUT2D eigenvalue weighted by atomic mass is 10.3. The second-order valence-electron chi connectivity index (χ2n) is 4.23. The molecule has 20 heavy (non-hydrogen) atoms. The number of aryl methyl sites for hydroxylation is 1. The standard InChI is InChI=1S/C10H15F3N2O3S2/c1-3-4-5-15(6-10(11,12)13)20(17,18)8-7(2)14-9(16)19-8/h3-6H2,1-2H3,(H,14,16). The molecule has 0 spiro atoms. The van der Waals surface area contributed by atoms with E-state index in [0.29, 0.717) is 28.5 Å². The van der Waals surface area contributed by atoms with Crippen LogP contribution in [0.25, 0.3) is 0 Å². The van der Waals surface area contributed by atoms with Gasteiger partial charge in [0.15, 0.2) is 4.21 Å². The predicted octanol–water partition coefficient (Wildman–Crippen LogP) is 2.10. The molecule has 1 N–H and O–H groups in total. The molecule has 10 heteroatoms. The number of sulfonamides is 1. The number of H-pyrrole nitrogens is 1. The highest BCUT2D eigenvalue weighted by Crippen LogP contribution is 2.25. The number of unbranched alkanes of at least 4 members (excludes halogenated alkanes) is 1. The number of rotatable bonds is 6. The molecule has 0 aliphatic carbocycles. The van der Waals surface area contributed by atoms with Gasteiger partial charge in [0.1, 0.15) is 6.54 Å². The molecule has 0 aliphatic rings. The minimum absolute atomic E-state index is 0.0590. The average Bonchev–Trinajstić information content (AvgIpc) is 2.62. The Bertz CT molecular complexity index is 604. The number of halogens is 3. The minimum Gasteiger partial charge on any atom is -0.315 e. The Balaban J connectivity index is 3.16. The lowest BCUT2D eigenvalue weighted by Gasteiger charge is -2.22. The summed E-state index contributed by atoms with van der Waals surface area (Å²) in [5.74, 6) is 0. The SMILES string of the molecule is CCCCN(CC(F)(F)F)S(=O)(=O)c1sc(=O)[nH]c1C. The number of nitrogens with zero attached hydrogens (tertiary/aromatic N) is 1. The van der Waals surface area contributed by atoms with Crippen LogP contribution in [0.2, 0.25) is 0 Å². The van der Waals surface area contributed by atoms with E-state index in [1.165, 1.54) is 6.92 Å². The normalized spacial score (nSPS) is 13.1. The monoisotopic (exact) mass is 332 g/mol. The maximum atomic E-state index is 12.5. The third-order valence-corrected chi connectivity index (χ3v) is 5.90. The highest BCUT2D eigenvalue weighted by molar-refractivity contribution is 7.91. The highest BCUT2D eigenvalue weighted by atomic mass is 32.2. The molecule has 5 nitrogen and oxygen atoms in total. The lowest BCUT2D eigenvalue weighted by Crippen LogP contribution is -2.39. The van der Waals surface area contributed by atoms with Gasteiger partial charge in [-0.3, -0.25) is 4.79 Å². The zero-order valence-corrected chi connectivity index (χ0v) is 12.6. The first kappa shape index (κ1) is 17.2. The van der Waals surface area contributed by atoms with Crippen LogP contribution < -0.4 is 4.87 Å². The van der Waals surface area contributed by atoms with Gasteiger partial charge in [0.2, 0.25) is 0 Å². The molecule has 0 saturated carbocycles. The number of aromatic nitrogens is 1. The molecule has 0 fully saturated rings. The summed E-state index contributed by atoms with van der Waals surface area (Å²) in [4.78, 5) is 12.8. The van der Waals surface area contributed by atoms with Gasteiger partial charge >= 0.3 is 11.0 Å². The van der Waals surface area contributed by atoms with Gasteiger partial charge in [0.05, 0.1) is 0 Å². The molecule has 0 amide bonds. The molecule has 0 aromatic carbocycles. The first-order valence-electron chi connectivity index (χ1n) is 5.84. The van der Waals surface area contributed by atoms with E-state index >= 15 is 0 Å². The predicted molar refractivity (Wildman–Crippen MR) is 69.4 cm³/mol. The first-order chi connectivity index (χ1) is 9.08. The lowest BCUT2D eigenvalue weighted by molar-refractivity contribution is -0.136. The molecule has 0 atom stereocenters. The topological polar surface area (TPSA) is 70.2 Å². The summed E-state index contributed by atoms with van der Waals surface area (Å²) in [5, 5.41) is 0. The van der Waals surface area contributed by atoms with E-state index < -0.39 is 27.6 Å². The maximum absolute atomic E-state index is 12.5. The van der Waals surface area contributed by atoms with E-state index in [9.17, 15) is 26.4 Å². The molecule has 0 aliphatic heterocycles. The van der Waals surface area contributed by atoms with Crippen LogP contribution in [0.15, 0.2) is 9.00 Å². The van der Waals surface area contributed by atoms with Crippen LogP contribution in [0.3, 0.4) is 0 Å². The van der Waals surface area contributed by atoms with E-state index in [4.69, 9.17) is 0 Å². The van der Waals surface area contributed by atoms with Crippen molar-refractivity contribution in [3.05, 3.63) is 15.4 Å². The van der Waals surface area contributed by atoms with Crippen molar-refractivity contribution in [2.24, 2.45) is 0 Å². The van der Waals surface area contributed by atoms with Gasteiger partial charge in [-0.1, -0.05) is 24.7 Å². The van der Waals surface area contributed by atoms with Gasteiger partial charge in [-0.2, -0.15) is 17.5 Å². The molecular weight excluding hydrogens is 317 g/mol. The quantitative estimate of drug-likeness (QED) is 0.867. The molecular formula is C10H15F3N2O3S2. The van der Waals surface area contributed by atoms with E-state index in [0.717, 1.165) is 0 Å². The van der Waals surface area contributed by atoms with Crippen LogP contribution in [-0.2, 0) is 10.0 Å². The first-order valence-corrected chi connectivity index (χ1v) is 8.10. The van der Waals surface area contributed by atoms with Crippen LogP contribution in [0, 0.1) is 6.92 Å². The van der Waals surface area contributed by atoms with Crippen LogP contribution >= 0.6 is 11.3 Å². The molecule has 1 aromatic rings. The summed E-state index contributed by atoms with van der Waals surface area (Å²) >= 11 is 0.401. The van der Waals surface area contributed by atoms with E-state index in [1.807, 2.05) is 0 Å². The maximum Gasteiger partial charge on any atom is 0.402 e. The zero-order chi connectivity index (χ0) is 15.6. The smallest absolute Gasteiger partial charge is 0.315 e. The van der Waals surface area contributed by atoms with Crippen LogP contribution in [-0.4, -0.2) is 37.0 Å². The number of thiazole rings is 1. The number of aromatic amines is 1. The number of nitrogens with one attached hydrogen (secondary N) is 1. The number of hydrogen-bond donors (Lipinski definition) is 1. The van der Waals surface area contributed by atoms with Gasteiger partial charge in [-0.25, -0.2) is 8.42 Å². The molecule has 1 rings (SSSR count). The van der Waals surface area contributed by atoms with E-state index in [-0.39, 0.29) is 16.4 Å². The summed E-state index contributed by atoms with van der Waals surface area (Å²) in [5.41, 5.74) is 0.0590. The summed E-state index contributed by atoms with van der Waals surface area (Å²) < 4.78 is 62.0. The van der Waals surface area contributed by atoms with Crippen LogP contribution in [0.5, 0.6) is 0 Å². The second kappa shape index (κ2) is 6.27. The Morgan fingerprint density at radius 2 is 1.95 bits per heavy atom. The fraction of sp³-hybridized carbons (Fsp3) is 0.700. The van der Waals surface area contributed by atoms with Gasteiger partial charge in [-0.15, -0.1) is 0 Å². The molecule has 0 unspecified atom stereocenters. The molecule has 1 aromatic heterocycles. The molecule has 1 heterocycles. The Hall–Kier alpha value is -0.870. The highest BCUT2D eigenvalue weighted by Gasteiger charge is 2.38.